The average molecular weight is 782 g/mol. The number of nitrogens with one attached hydrogen (secondary N) is 1. The van der Waals surface area contributed by atoms with Crippen molar-refractivity contribution in [2.45, 2.75) is 187 Å². The predicted octanol–water partition coefficient (Wildman–Crippen LogP) is 12.2. The minimum atomic E-state index is -4.36. The lowest BCUT2D eigenvalue weighted by Crippen LogP contribution is -2.29. The molecule has 9 nitrogen and oxygen atoms in total. The van der Waals surface area contributed by atoms with Crippen molar-refractivity contribution in [2.24, 2.45) is 0 Å². The van der Waals surface area contributed by atoms with E-state index in [9.17, 15) is 19.0 Å². The second-order valence-corrected chi connectivity index (χ2v) is 15.6. The molecule has 0 heterocycles. The third-order valence-electron chi connectivity index (χ3n) is 8.95. The fourth-order valence-electron chi connectivity index (χ4n) is 5.66. The number of rotatable bonds is 40. The van der Waals surface area contributed by atoms with Gasteiger partial charge in [-0.3, -0.25) is 18.6 Å². The lowest BCUT2D eigenvalue weighted by molar-refractivity contribution is -0.161. The monoisotopic (exact) mass is 782 g/mol. The number of carbonyl (C=O) groups is 2. The van der Waals surface area contributed by atoms with Gasteiger partial charge in [0.05, 0.1) is 13.2 Å². The van der Waals surface area contributed by atoms with Gasteiger partial charge in [0.1, 0.15) is 6.61 Å². The van der Waals surface area contributed by atoms with E-state index in [4.69, 9.17) is 18.5 Å². The number of phosphoric ester groups is 1. The van der Waals surface area contributed by atoms with Gasteiger partial charge in [-0.05, 0) is 58.4 Å². The minimum absolute atomic E-state index is 0.0273. The summed E-state index contributed by atoms with van der Waals surface area (Å²) in [5, 5.41) is 2.82. The zero-order valence-electron chi connectivity index (χ0n) is 34.7. The summed E-state index contributed by atoms with van der Waals surface area (Å²) >= 11 is 0. The van der Waals surface area contributed by atoms with Crippen LogP contribution in [0.1, 0.15) is 181 Å². The molecule has 0 aromatic rings. The Morgan fingerprint density at radius 1 is 0.574 bits per heavy atom. The van der Waals surface area contributed by atoms with Crippen LogP contribution in [0.25, 0.3) is 0 Å². The molecular weight excluding hydrogens is 701 g/mol. The first-order valence-corrected chi connectivity index (χ1v) is 23.1. The highest BCUT2D eigenvalue weighted by Crippen LogP contribution is 2.43. The van der Waals surface area contributed by atoms with Crippen LogP contribution in [-0.4, -0.2) is 56.3 Å². The van der Waals surface area contributed by atoms with Crippen molar-refractivity contribution in [2.75, 3.05) is 33.4 Å². The van der Waals surface area contributed by atoms with E-state index in [1.807, 2.05) is 6.08 Å². The predicted molar refractivity (Wildman–Crippen MR) is 224 cm³/mol. The van der Waals surface area contributed by atoms with Crippen molar-refractivity contribution >= 4 is 19.8 Å². The Balaban J connectivity index is 4.32. The molecule has 0 bridgehead atoms. The Kier molecular flexibility index (Phi) is 39.1. The Labute approximate surface area is 330 Å². The molecule has 54 heavy (non-hydrogen) atoms. The van der Waals surface area contributed by atoms with Crippen LogP contribution in [0.4, 0.5) is 0 Å². The first-order valence-electron chi connectivity index (χ1n) is 21.6. The van der Waals surface area contributed by atoms with Crippen LogP contribution in [-0.2, 0) is 32.7 Å². The van der Waals surface area contributed by atoms with Crippen molar-refractivity contribution in [3.05, 3.63) is 48.6 Å². The summed E-state index contributed by atoms with van der Waals surface area (Å²) < 4.78 is 33.1. The summed E-state index contributed by atoms with van der Waals surface area (Å²) in [4.78, 5) is 35.0. The number of allylic oxidation sites excluding steroid dienone is 8. The van der Waals surface area contributed by atoms with Crippen molar-refractivity contribution in [1.82, 2.24) is 5.32 Å². The van der Waals surface area contributed by atoms with E-state index in [1.54, 1.807) is 7.05 Å². The van der Waals surface area contributed by atoms with Crippen LogP contribution in [0.2, 0.25) is 0 Å². The van der Waals surface area contributed by atoms with E-state index in [1.165, 1.54) is 103 Å². The molecule has 0 rings (SSSR count). The molecular formula is C44H80NO8P. The number of hydrogen-bond acceptors (Lipinski definition) is 8. The van der Waals surface area contributed by atoms with Crippen LogP contribution in [0.3, 0.4) is 0 Å². The zero-order valence-corrected chi connectivity index (χ0v) is 35.6. The number of unbranched alkanes of at least 4 members (excludes halogenated alkanes) is 18. The molecule has 2 atom stereocenters. The SMILES string of the molecule is CCCCC/C=C\C/C=C\C/C=C\C/C=C\CCCC(=O)OC(COC(=O)CCCCCCCCCCCCCCCCC)COP(=O)(O)OCCNC. The molecule has 0 aliphatic rings. The third-order valence-corrected chi connectivity index (χ3v) is 9.94. The highest BCUT2D eigenvalue weighted by Gasteiger charge is 2.26. The maximum atomic E-state index is 12.6. The first kappa shape index (κ1) is 52.0. The Morgan fingerprint density at radius 2 is 1.02 bits per heavy atom. The number of ether oxygens (including phenoxy) is 2. The molecule has 0 aromatic carbocycles. The van der Waals surface area contributed by atoms with Gasteiger partial charge in [0.2, 0.25) is 0 Å². The van der Waals surface area contributed by atoms with Gasteiger partial charge in [-0.25, -0.2) is 4.57 Å². The lowest BCUT2D eigenvalue weighted by atomic mass is 10.0. The van der Waals surface area contributed by atoms with Gasteiger partial charge < -0.3 is 19.7 Å². The molecule has 0 spiro atoms. The van der Waals surface area contributed by atoms with E-state index in [0.29, 0.717) is 19.4 Å². The zero-order chi connectivity index (χ0) is 39.6. The van der Waals surface area contributed by atoms with Crippen LogP contribution in [0, 0.1) is 0 Å². The molecule has 0 saturated carbocycles. The van der Waals surface area contributed by atoms with Gasteiger partial charge in [-0.1, -0.05) is 165 Å². The maximum absolute atomic E-state index is 12.6. The van der Waals surface area contributed by atoms with Crippen LogP contribution in [0.5, 0.6) is 0 Å². The van der Waals surface area contributed by atoms with E-state index >= 15 is 0 Å². The smallest absolute Gasteiger partial charge is 0.462 e. The number of phosphoric acid groups is 1. The summed E-state index contributed by atoms with van der Waals surface area (Å²) in [7, 11) is -2.67. The van der Waals surface area contributed by atoms with Gasteiger partial charge in [-0.2, -0.15) is 0 Å². The lowest BCUT2D eigenvalue weighted by Gasteiger charge is -2.20. The normalized spacial score (nSPS) is 13.8. The molecule has 0 aromatic heterocycles. The number of likely N-dealkylation sites (N-methyl/N-ethyl adjacent to an activating group) is 1. The van der Waals surface area contributed by atoms with Gasteiger partial charge in [0.15, 0.2) is 6.10 Å². The summed E-state index contributed by atoms with van der Waals surface area (Å²) in [5.41, 5.74) is 0. The van der Waals surface area contributed by atoms with Crippen LogP contribution < -0.4 is 5.32 Å². The van der Waals surface area contributed by atoms with Gasteiger partial charge in [0, 0.05) is 19.4 Å². The molecule has 2 N–H and O–H groups in total. The molecule has 0 saturated heterocycles. The van der Waals surface area contributed by atoms with Crippen molar-refractivity contribution in [3.63, 3.8) is 0 Å². The standard InChI is InChI=1S/C44H80NO8P/c1-4-6-8-10-12-14-16-18-20-21-23-25-27-29-31-33-35-37-44(47)53-42(41-52-54(48,49)51-39-38-45-3)40-50-43(46)36-34-32-30-28-26-24-22-19-17-15-13-11-9-7-5-2/h12,14,18,20,23,25,29,31,42,45H,4-11,13,15-17,19,21-22,24,26-28,30,32-41H2,1-3H3,(H,48,49)/b14-12-,20-18-,25-23-,31-29-. The number of esters is 2. The molecule has 0 radical (unpaired) electrons. The molecule has 0 aliphatic heterocycles. The Hall–Kier alpha value is -2.03. The quantitative estimate of drug-likeness (QED) is 0.0271. The first-order chi connectivity index (χ1) is 26.3. The summed E-state index contributed by atoms with van der Waals surface area (Å²) in [5.74, 6) is -0.870. The largest absolute Gasteiger partial charge is 0.472 e. The van der Waals surface area contributed by atoms with Crippen molar-refractivity contribution < 1.29 is 37.6 Å². The molecule has 0 aliphatic carbocycles. The molecule has 0 fully saturated rings. The minimum Gasteiger partial charge on any atom is -0.462 e. The topological polar surface area (TPSA) is 120 Å². The molecule has 314 valence electrons. The molecule has 2 unspecified atom stereocenters. The Bertz CT molecular complexity index is 1030. The van der Waals surface area contributed by atoms with E-state index in [0.717, 1.165) is 38.5 Å². The average Bonchev–Trinajstić information content (AvgIpc) is 3.15. The van der Waals surface area contributed by atoms with Gasteiger partial charge in [-0.15, -0.1) is 0 Å². The highest BCUT2D eigenvalue weighted by molar-refractivity contribution is 7.47. The van der Waals surface area contributed by atoms with Gasteiger partial charge >= 0.3 is 19.8 Å². The maximum Gasteiger partial charge on any atom is 0.472 e. The van der Waals surface area contributed by atoms with Crippen LogP contribution >= 0.6 is 7.82 Å². The van der Waals surface area contributed by atoms with E-state index < -0.39 is 26.5 Å². The fraction of sp³-hybridized carbons (Fsp3) is 0.773. The van der Waals surface area contributed by atoms with Gasteiger partial charge in [0.25, 0.3) is 0 Å². The fourth-order valence-corrected chi connectivity index (χ4v) is 6.41. The summed E-state index contributed by atoms with van der Waals surface area (Å²) in [6, 6.07) is 0. The van der Waals surface area contributed by atoms with E-state index in [-0.39, 0.29) is 32.0 Å². The molecule has 10 heteroatoms. The van der Waals surface area contributed by atoms with Crippen molar-refractivity contribution in [1.29, 1.82) is 0 Å². The highest BCUT2D eigenvalue weighted by atomic mass is 31.2. The van der Waals surface area contributed by atoms with Crippen LogP contribution in [0.15, 0.2) is 48.6 Å². The summed E-state index contributed by atoms with van der Waals surface area (Å²) in [6.45, 7) is 4.14. The second-order valence-electron chi connectivity index (χ2n) is 14.2. The number of hydrogen-bond donors (Lipinski definition) is 2. The second kappa shape index (κ2) is 40.6. The Morgan fingerprint density at radius 3 is 1.54 bits per heavy atom. The molecule has 0 amide bonds. The van der Waals surface area contributed by atoms with Crippen molar-refractivity contribution in [3.8, 4) is 0 Å². The number of carbonyl (C=O) groups excluding carboxylic acids is 2. The van der Waals surface area contributed by atoms with E-state index in [2.05, 4.69) is 61.7 Å². The summed E-state index contributed by atoms with van der Waals surface area (Å²) in [6.07, 6.45) is 44.4. The third kappa shape index (κ3) is 39.7.